The van der Waals surface area contributed by atoms with E-state index in [2.05, 4.69) is 29.2 Å². The van der Waals surface area contributed by atoms with Crippen LogP contribution in [0.15, 0.2) is 48.5 Å². The fourth-order valence-corrected chi connectivity index (χ4v) is 4.07. The summed E-state index contributed by atoms with van der Waals surface area (Å²) in [6.45, 7) is 5.63. The van der Waals surface area contributed by atoms with E-state index in [-0.39, 0.29) is 23.7 Å². The average molecular weight is 438 g/mol. The van der Waals surface area contributed by atoms with Crippen LogP contribution in [0.3, 0.4) is 0 Å². The second-order valence-corrected chi connectivity index (χ2v) is 8.94. The SMILES string of the molecule is COc1ccc(N(Cc2ccc(N(C)C)cc2)C(=O)C2CCN(C(=O)C(C)C)CC2)cc1. The van der Waals surface area contributed by atoms with Crippen molar-refractivity contribution in [2.45, 2.75) is 33.2 Å². The Hall–Kier alpha value is -3.02. The maximum Gasteiger partial charge on any atom is 0.230 e. The summed E-state index contributed by atoms with van der Waals surface area (Å²) < 4.78 is 5.29. The fraction of sp³-hybridized carbons (Fsp3) is 0.462. The van der Waals surface area contributed by atoms with Crippen molar-refractivity contribution in [3.8, 4) is 5.75 Å². The fourth-order valence-electron chi connectivity index (χ4n) is 4.07. The molecule has 1 aliphatic heterocycles. The maximum absolute atomic E-state index is 13.6. The van der Waals surface area contributed by atoms with E-state index in [1.54, 1.807) is 7.11 Å². The van der Waals surface area contributed by atoms with Gasteiger partial charge in [0.25, 0.3) is 0 Å². The van der Waals surface area contributed by atoms with Gasteiger partial charge in [0.2, 0.25) is 11.8 Å². The Balaban J connectivity index is 1.78. The second-order valence-electron chi connectivity index (χ2n) is 8.94. The predicted octanol–water partition coefficient (Wildman–Crippen LogP) is 4.19. The van der Waals surface area contributed by atoms with Gasteiger partial charge in [-0.2, -0.15) is 0 Å². The molecule has 2 amide bonds. The number of ether oxygens (including phenoxy) is 1. The number of amides is 2. The first kappa shape index (κ1) is 23.6. The Morgan fingerprint density at radius 3 is 2.03 bits per heavy atom. The molecule has 6 nitrogen and oxygen atoms in total. The highest BCUT2D eigenvalue weighted by molar-refractivity contribution is 5.95. The lowest BCUT2D eigenvalue weighted by Gasteiger charge is -2.35. The Bertz CT molecular complexity index is 899. The van der Waals surface area contributed by atoms with Crippen LogP contribution in [0.1, 0.15) is 32.3 Å². The number of anilines is 2. The Morgan fingerprint density at radius 2 is 1.53 bits per heavy atom. The van der Waals surface area contributed by atoms with Crippen molar-refractivity contribution in [2.24, 2.45) is 11.8 Å². The molecule has 0 aliphatic carbocycles. The third-order valence-electron chi connectivity index (χ3n) is 6.09. The molecule has 0 radical (unpaired) electrons. The largest absolute Gasteiger partial charge is 0.497 e. The maximum atomic E-state index is 13.6. The molecule has 1 fully saturated rings. The van der Waals surface area contributed by atoms with E-state index in [0.29, 0.717) is 32.5 Å². The molecule has 1 aliphatic rings. The van der Waals surface area contributed by atoms with Crippen molar-refractivity contribution in [1.29, 1.82) is 0 Å². The molecule has 1 heterocycles. The van der Waals surface area contributed by atoms with E-state index in [9.17, 15) is 9.59 Å². The highest BCUT2D eigenvalue weighted by Crippen LogP contribution is 2.27. The topological polar surface area (TPSA) is 53.1 Å². The minimum atomic E-state index is -0.0886. The molecular formula is C26H35N3O3. The molecule has 0 aromatic heterocycles. The molecule has 0 saturated carbocycles. The second kappa shape index (κ2) is 10.5. The van der Waals surface area contributed by atoms with Gasteiger partial charge in [0, 0.05) is 50.4 Å². The minimum Gasteiger partial charge on any atom is -0.497 e. The van der Waals surface area contributed by atoms with Crippen LogP contribution < -0.4 is 14.5 Å². The summed E-state index contributed by atoms with van der Waals surface area (Å²) in [7, 11) is 5.66. The molecule has 3 rings (SSSR count). The summed E-state index contributed by atoms with van der Waals surface area (Å²) in [5.41, 5.74) is 3.05. The quantitative estimate of drug-likeness (QED) is 0.652. The van der Waals surface area contributed by atoms with Crippen LogP contribution >= 0.6 is 0 Å². The number of nitrogens with zero attached hydrogens (tertiary/aromatic N) is 3. The van der Waals surface area contributed by atoms with Gasteiger partial charge in [-0.15, -0.1) is 0 Å². The van der Waals surface area contributed by atoms with E-state index in [1.165, 1.54) is 0 Å². The lowest BCUT2D eigenvalue weighted by Crippen LogP contribution is -2.45. The molecule has 32 heavy (non-hydrogen) atoms. The number of benzene rings is 2. The van der Waals surface area contributed by atoms with Crippen LogP contribution in [-0.2, 0) is 16.1 Å². The number of hydrogen-bond donors (Lipinski definition) is 0. The van der Waals surface area contributed by atoms with Gasteiger partial charge in [0.15, 0.2) is 0 Å². The molecule has 0 bridgehead atoms. The number of piperidine rings is 1. The lowest BCUT2D eigenvalue weighted by molar-refractivity contribution is -0.137. The van der Waals surface area contributed by atoms with E-state index >= 15 is 0 Å². The number of carbonyl (C=O) groups excluding carboxylic acids is 2. The summed E-state index contributed by atoms with van der Waals surface area (Å²) in [6.07, 6.45) is 1.40. The molecule has 0 unspecified atom stereocenters. The van der Waals surface area contributed by atoms with Crippen LogP contribution in [0.25, 0.3) is 0 Å². The number of rotatable bonds is 7. The average Bonchev–Trinajstić information content (AvgIpc) is 2.82. The first-order chi connectivity index (χ1) is 15.3. The van der Waals surface area contributed by atoms with Crippen LogP contribution in [0.4, 0.5) is 11.4 Å². The molecule has 0 spiro atoms. The van der Waals surface area contributed by atoms with Gasteiger partial charge in [-0.05, 0) is 54.8 Å². The summed E-state index contributed by atoms with van der Waals surface area (Å²) >= 11 is 0. The molecule has 6 heteroatoms. The standard InChI is InChI=1S/C26H35N3O3/c1-19(2)25(30)28-16-14-21(15-17-28)26(31)29(23-10-12-24(32-5)13-11-23)18-20-6-8-22(9-7-20)27(3)4/h6-13,19,21H,14-18H2,1-5H3. The van der Waals surface area contributed by atoms with Gasteiger partial charge in [0.1, 0.15) is 5.75 Å². The van der Waals surface area contributed by atoms with Gasteiger partial charge in [-0.3, -0.25) is 9.59 Å². The van der Waals surface area contributed by atoms with Crippen molar-refractivity contribution >= 4 is 23.2 Å². The summed E-state index contributed by atoms with van der Waals surface area (Å²) in [5.74, 6) is 0.946. The van der Waals surface area contributed by atoms with Gasteiger partial charge in [-0.1, -0.05) is 26.0 Å². The highest BCUT2D eigenvalue weighted by Gasteiger charge is 2.31. The third kappa shape index (κ3) is 5.61. The zero-order chi connectivity index (χ0) is 23.3. The van der Waals surface area contributed by atoms with E-state index in [4.69, 9.17) is 4.74 Å². The van der Waals surface area contributed by atoms with Crippen molar-refractivity contribution in [3.63, 3.8) is 0 Å². The Labute approximate surface area is 191 Å². The summed E-state index contributed by atoms with van der Waals surface area (Å²) in [4.78, 5) is 31.8. The van der Waals surface area contributed by atoms with Gasteiger partial charge >= 0.3 is 0 Å². The molecule has 2 aromatic rings. The molecule has 1 saturated heterocycles. The van der Waals surface area contributed by atoms with Gasteiger partial charge in [-0.25, -0.2) is 0 Å². The molecule has 0 N–H and O–H groups in total. The smallest absolute Gasteiger partial charge is 0.230 e. The number of likely N-dealkylation sites (tertiary alicyclic amines) is 1. The van der Waals surface area contributed by atoms with E-state index in [1.807, 2.05) is 62.0 Å². The van der Waals surface area contributed by atoms with Crippen molar-refractivity contribution in [2.75, 3.05) is 44.1 Å². The van der Waals surface area contributed by atoms with Crippen molar-refractivity contribution < 1.29 is 14.3 Å². The zero-order valence-corrected chi connectivity index (χ0v) is 19.9. The summed E-state index contributed by atoms with van der Waals surface area (Å²) in [5, 5.41) is 0. The van der Waals surface area contributed by atoms with Crippen molar-refractivity contribution in [1.82, 2.24) is 4.90 Å². The van der Waals surface area contributed by atoms with Crippen LogP contribution in [0.5, 0.6) is 5.75 Å². The number of methoxy groups -OCH3 is 1. The zero-order valence-electron chi connectivity index (χ0n) is 19.9. The lowest BCUT2D eigenvalue weighted by atomic mass is 9.94. The third-order valence-corrected chi connectivity index (χ3v) is 6.09. The van der Waals surface area contributed by atoms with Gasteiger partial charge < -0.3 is 19.4 Å². The minimum absolute atomic E-state index is 0.0109. The molecule has 172 valence electrons. The van der Waals surface area contributed by atoms with E-state index in [0.717, 1.165) is 22.7 Å². The van der Waals surface area contributed by atoms with Crippen LogP contribution in [-0.4, -0.2) is 51.0 Å². The first-order valence-corrected chi connectivity index (χ1v) is 11.3. The number of carbonyl (C=O) groups is 2. The predicted molar refractivity (Wildman–Crippen MR) is 129 cm³/mol. The van der Waals surface area contributed by atoms with Gasteiger partial charge in [0.05, 0.1) is 13.7 Å². The van der Waals surface area contributed by atoms with E-state index < -0.39 is 0 Å². The van der Waals surface area contributed by atoms with Crippen molar-refractivity contribution in [3.05, 3.63) is 54.1 Å². The number of hydrogen-bond acceptors (Lipinski definition) is 4. The monoisotopic (exact) mass is 437 g/mol. The molecule has 2 aromatic carbocycles. The Morgan fingerprint density at radius 1 is 0.969 bits per heavy atom. The normalized spacial score (nSPS) is 14.4. The first-order valence-electron chi connectivity index (χ1n) is 11.3. The molecular weight excluding hydrogens is 402 g/mol. The Kier molecular flexibility index (Phi) is 7.78. The van der Waals surface area contributed by atoms with Crippen LogP contribution in [0, 0.1) is 11.8 Å². The van der Waals surface area contributed by atoms with Crippen LogP contribution in [0.2, 0.25) is 0 Å². The summed E-state index contributed by atoms with van der Waals surface area (Å²) in [6, 6.07) is 15.9. The molecule has 0 atom stereocenters. The highest BCUT2D eigenvalue weighted by atomic mass is 16.5.